The first kappa shape index (κ1) is 21.3. The SMILES string of the molecule is CC[C@H](N)C(=O)NCCCCNc1ccccn1.Cl.Cl. The molecule has 0 unspecified atom stereocenters. The predicted molar refractivity (Wildman–Crippen MR) is 87.7 cm³/mol. The van der Waals surface area contributed by atoms with Crippen LogP contribution in [0.3, 0.4) is 0 Å². The van der Waals surface area contributed by atoms with E-state index in [0.29, 0.717) is 13.0 Å². The number of unbranched alkanes of at least 4 members (excludes halogenated alkanes) is 1. The predicted octanol–water partition coefficient (Wildman–Crippen LogP) is 1.97. The Kier molecular flexibility index (Phi) is 13.8. The summed E-state index contributed by atoms with van der Waals surface area (Å²) in [6.45, 7) is 3.43. The molecule has 1 atom stereocenters. The van der Waals surface area contributed by atoms with E-state index in [1.165, 1.54) is 0 Å². The fourth-order valence-corrected chi connectivity index (χ4v) is 1.46. The van der Waals surface area contributed by atoms with Crippen LogP contribution in [-0.4, -0.2) is 30.0 Å². The van der Waals surface area contributed by atoms with Crippen molar-refractivity contribution in [1.82, 2.24) is 10.3 Å². The summed E-state index contributed by atoms with van der Waals surface area (Å²) in [7, 11) is 0. The zero-order chi connectivity index (χ0) is 13.2. The number of nitrogens with one attached hydrogen (secondary N) is 2. The number of amides is 1. The van der Waals surface area contributed by atoms with Crippen LogP contribution in [0.4, 0.5) is 5.82 Å². The molecule has 7 heteroatoms. The topological polar surface area (TPSA) is 80.0 Å². The minimum Gasteiger partial charge on any atom is -0.370 e. The number of nitrogens with zero attached hydrogens (tertiary/aromatic N) is 1. The molecule has 4 N–H and O–H groups in total. The van der Waals surface area contributed by atoms with Crippen molar-refractivity contribution < 1.29 is 4.79 Å². The van der Waals surface area contributed by atoms with Crippen molar-refractivity contribution in [3.8, 4) is 0 Å². The number of halogens is 2. The van der Waals surface area contributed by atoms with E-state index in [1.807, 2.05) is 25.1 Å². The van der Waals surface area contributed by atoms with Crippen LogP contribution in [-0.2, 0) is 4.79 Å². The summed E-state index contributed by atoms with van der Waals surface area (Å²) in [4.78, 5) is 15.5. The van der Waals surface area contributed by atoms with Crippen molar-refractivity contribution in [2.45, 2.75) is 32.2 Å². The Labute approximate surface area is 132 Å². The summed E-state index contributed by atoms with van der Waals surface area (Å²) in [5.41, 5.74) is 5.60. The second-order valence-corrected chi connectivity index (χ2v) is 4.15. The maximum Gasteiger partial charge on any atom is 0.236 e. The van der Waals surface area contributed by atoms with Gasteiger partial charge >= 0.3 is 0 Å². The van der Waals surface area contributed by atoms with E-state index < -0.39 is 0 Å². The lowest BCUT2D eigenvalue weighted by molar-refractivity contribution is -0.122. The minimum absolute atomic E-state index is 0. The Morgan fingerprint density at radius 3 is 2.60 bits per heavy atom. The first-order chi connectivity index (χ1) is 8.74. The molecule has 0 aliphatic heterocycles. The van der Waals surface area contributed by atoms with Gasteiger partial charge in [-0.05, 0) is 31.4 Å². The molecular weight excluding hydrogens is 299 g/mol. The van der Waals surface area contributed by atoms with Gasteiger partial charge in [0.05, 0.1) is 6.04 Å². The fraction of sp³-hybridized carbons (Fsp3) is 0.538. The summed E-state index contributed by atoms with van der Waals surface area (Å²) in [5.74, 6) is 0.824. The first-order valence-corrected chi connectivity index (χ1v) is 6.42. The van der Waals surface area contributed by atoms with E-state index in [4.69, 9.17) is 5.73 Å². The van der Waals surface area contributed by atoms with E-state index in [-0.39, 0.29) is 36.8 Å². The summed E-state index contributed by atoms with van der Waals surface area (Å²) >= 11 is 0. The number of rotatable bonds is 8. The van der Waals surface area contributed by atoms with Crippen molar-refractivity contribution in [3.63, 3.8) is 0 Å². The first-order valence-electron chi connectivity index (χ1n) is 6.42. The molecule has 20 heavy (non-hydrogen) atoms. The quantitative estimate of drug-likeness (QED) is 0.639. The number of anilines is 1. The number of nitrogens with two attached hydrogens (primary N) is 1. The van der Waals surface area contributed by atoms with Crippen LogP contribution in [0.15, 0.2) is 24.4 Å². The lowest BCUT2D eigenvalue weighted by Gasteiger charge is -2.10. The normalized spacial score (nSPS) is 10.7. The molecule has 0 fully saturated rings. The van der Waals surface area contributed by atoms with E-state index in [0.717, 1.165) is 25.2 Å². The molecule has 0 aliphatic carbocycles. The summed E-state index contributed by atoms with van der Waals surface area (Å²) in [6.07, 6.45) is 4.35. The summed E-state index contributed by atoms with van der Waals surface area (Å²) in [6, 6.07) is 5.39. The fourth-order valence-electron chi connectivity index (χ4n) is 1.46. The Balaban J connectivity index is 0. The van der Waals surface area contributed by atoms with Crippen LogP contribution in [0.1, 0.15) is 26.2 Å². The van der Waals surface area contributed by atoms with Crippen LogP contribution in [0.2, 0.25) is 0 Å². The van der Waals surface area contributed by atoms with Crippen LogP contribution in [0, 0.1) is 0 Å². The number of aromatic nitrogens is 1. The van der Waals surface area contributed by atoms with Crippen LogP contribution in [0.5, 0.6) is 0 Å². The number of hydrogen-bond donors (Lipinski definition) is 3. The van der Waals surface area contributed by atoms with E-state index in [9.17, 15) is 4.79 Å². The second-order valence-electron chi connectivity index (χ2n) is 4.15. The average Bonchev–Trinajstić information content (AvgIpc) is 2.42. The van der Waals surface area contributed by atoms with E-state index >= 15 is 0 Å². The smallest absolute Gasteiger partial charge is 0.236 e. The number of hydrogen-bond acceptors (Lipinski definition) is 4. The Bertz CT molecular complexity index is 351. The highest BCUT2D eigenvalue weighted by Crippen LogP contribution is 2.00. The van der Waals surface area contributed by atoms with Gasteiger partial charge in [-0.25, -0.2) is 4.98 Å². The molecule has 0 saturated carbocycles. The van der Waals surface area contributed by atoms with Gasteiger partial charge in [-0.3, -0.25) is 4.79 Å². The molecular formula is C13H24Cl2N4O. The second kappa shape index (κ2) is 13.0. The van der Waals surface area contributed by atoms with E-state index in [2.05, 4.69) is 15.6 Å². The molecule has 1 rings (SSSR count). The number of pyridine rings is 1. The van der Waals surface area contributed by atoms with Crippen molar-refractivity contribution >= 4 is 36.5 Å². The highest BCUT2D eigenvalue weighted by Gasteiger charge is 2.08. The molecule has 0 spiro atoms. The van der Waals surface area contributed by atoms with Crippen LogP contribution >= 0.6 is 24.8 Å². The van der Waals surface area contributed by atoms with Crippen molar-refractivity contribution in [2.75, 3.05) is 18.4 Å². The van der Waals surface area contributed by atoms with Gasteiger partial charge in [0.1, 0.15) is 5.82 Å². The third kappa shape index (κ3) is 8.96. The molecule has 1 heterocycles. The average molecular weight is 323 g/mol. The maximum absolute atomic E-state index is 11.4. The van der Waals surface area contributed by atoms with Crippen LogP contribution in [0.25, 0.3) is 0 Å². The highest BCUT2D eigenvalue weighted by atomic mass is 35.5. The maximum atomic E-state index is 11.4. The highest BCUT2D eigenvalue weighted by molar-refractivity contribution is 5.85. The summed E-state index contributed by atoms with van der Waals surface area (Å²) in [5, 5.41) is 6.04. The molecule has 116 valence electrons. The monoisotopic (exact) mass is 322 g/mol. The molecule has 0 aliphatic rings. The molecule has 0 bridgehead atoms. The van der Waals surface area contributed by atoms with Crippen LogP contribution < -0.4 is 16.4 Å². The molecule has 0 saturated heterocycles. The van der Waals surface area contributed by atoms with Gasteiger partial charge in [0.2, 0.25) is 5.91 Å². The van der Waals surface area contributed by atoms with Gasteiger partial charge in [0.25, 0.3) is 0 Å². The standard InChI is InChI=1S/C13H22N4O.2ClH/c1-2-11(14)13(18)17-10-6-5-9-16-12-7-3-4-8-15-12;;/h3-4,7-8,11H,2,5-6,9-10,14H2,1H3,(H,15,16)(H,17,18);2*1H/t11-;;/m0../s1. The zero-order valence-electron chi connectivity index (χ0n) is 11.7. The lowest BCUT2D eigenvalue weighted by Crippen LogP contribution is -2.40. The van der Waals surface area contributed by atoms with E-state index in [1.54, 1.807) is 6.20 Å². The molecule has 0 radical (unpaired) electrons. The Morgan fingerprint density at radius 1 is 1.30 bits per heavy atom. The van der Waals surface area contributed by atoms with Crippen molar-refractivity contribution in [1.29, 1.82) is 0 Å². The van der Waals surface area contributed by atoms with Gasteiger partial charge < -0.3 is 16.4 Å². The molecule has 1 amide bonds. The molecule has 1 aromatic rings. The van der Waals surface area contributed by atoms with Gasteiger partial charge in [-0.2, -0.15) is 0 Å². The van der Waals surface area contributed by atoms with Gasteiger partial charge in [0, 0.05) is 19.3 Å². The Hall–Kier alpha value is -1.04. The van der Waals surface area contributed by atoms with Gasteiger partial charge in [-0.15, -0.1) is 24.8 Å². The van der Waals surface area contributed by atoms with Gasteiger partial charge in [-0.1, -0.05) is 13.0 Å². The van der Waals surface area contributed by atoms with Crippen molar-refractivity contribution in [2.24, 2.45) is 5.73 Å². The minimum atomic E-state index is -0.378. The molecule has 1 aromatic heterocycles. The number of carbonyl (C=O) groups excluding carboxylic acids is 1. The third-order valence-corrected chi connectivity index (χ3v) is 2.65. The Morgan fingerprint density at radius 2 is 2.00 bits per heavy atom. The molecule has 0 aromatic carbocycles. The zero-order valence-corrected chi connectivity index (χ0v) is 13.3. The lowest BCUT2D eigenvalue weighted by atomic mass is 10.2. The van der Waals surface area contributed by atoms with Crippen molar-refractivity contribution in [3.05, 3.63) is 24.4 Å². The summed E-state index contributed by atoms with van der Waals surface area (Å²) < 4.78 is 0. The molecule has 5 nitrogen and oxygen atoms in total. The van der Waals surface area contributed by atoms with Gasteiger partial charge in [0.15, 0.2) is 0 Å². The largest absolute Gasteiger partial charge is 0.370 e. The third-order valence-electron chi connectivity index (χ3n) is 2.65. The number of carbonyl (C=O) groups is 1.